The van der Waals surface area contributed by atoms with Crippen molar-refractivity contribution in [2.45, 2.75) is 6.04 Å². The lowest BCUT2D eigenvalue weighted by Gasteiger charge is -2.20. The second-order valence-corrected chi connectivity index (χ2v) is 8.46. The highest BCUT2D eigenvalue weighted by Crippen LogP contribution is 2.34. The number of rotatable bonds is 5. The summed E-state index contributed by atoms with van der Waals surface area (Å²) in [5.41, 5.74) is 7.82. The molecule has 0 radical (unpaired) electrons. The monoisotopic (exact) mass is 449 g/mol. The Morgan fingerprint density at radius 3 is 2.62 bits per heavy atom. The first-order chi connectivity index (χ1) is 16.6. The highest BCUT2D eigenvalue weighted by atomic mass is 15.4. The van der Waals surface area contributed by atoms with Gasteiger partial charge in [-0.2, -0.15) is 5.10 Å². The molecule has 0 aliphatic heterocycles. The summed E-state index contributed by atoms with van der Waals surface area (Å²) in [4.78, 5) is 9.27. The van der Waals surface area contributed by atoms with Gasteiger partial charge in [0.05, 0.1) is 35.2 Å². The van der Waals surface area contributed by atoms with Crippen molar-refractivity contribution in [3.8, 4) is 11.1 Å². The van der Waals surface area contributed by atoms with Gasteiger partial charge in [0.15, 0.2) is 0 Å². The zero-order valence-electron chi connectivity index (χ0n) is 19.1. The van der Waals surface area contributed by atoms with Crippen LogP contribution in [0.25, 0.3) is 33.1 Å². The largest absolute Gasteiger partial charge is 0.373 e. The third-order valence-electron chi connectivity index (χ3n) is 6.19. The normalized spacial score (nSPS) is 12.4. The molecule has 0 amide bonds. The summed E-state index contributed by atoms with van der Waals surface area (Å²) < 4.78 is 5.69. The molecule has 4 aromatic heterocycles. The van der Waals surface area contributed by atoms with Gasteiger partial charge in [-0.25, -0.2) is 4.68 Å². The van der Waals surface area contributed by atoms with Crippen LogP contribution >= 0.6 is 0 Å². The fourth-order valence-electron chi connectivity index (χ4n) is 4.45. The molecular weight excluding hydrogens is 426 g/mol. The number of hydrogen-bond acceptors (Lipinski definition) is 6. The van der Waals surface area contributed by atoms with E-state index in [4.69, 9.17) is 0 Å². The summed E-state index contributed by atoms with van der Waals surface area (Å²) in [7, 11) is 5.85. The Balaban J connectivity index is 1.50. The predicted octanol–water partition coefficient (Wildman–Crippen LogP) is 3.85. The summed E-state index contributed by atoms with van der Waals surface area (Å²) in [6.07, 6.45) is 11.2. The first-order valence-corrected chi connectivity index (χ1v) is 11.0. The lowest BCUT2D eigenvalue weighted by atomic mass is 10.0. The fraction of sp³-hybridized carbons (Fsp3) is 0.160. The van der Waals surface area contributed by atoms with Gasteiger partial charge in [0.25, 0.3) is 0 Å². The minimum atomic E-state index is -0.189. The minimum Gasteiger partial charge on any atom is -0.373 e. The van der Waals surface area contributed by atoms with Crippen LogP contribution in [0, 0.1) is 0 Å². The van der Waals surface area contributed by atoms with Gasteiger partial charge in [-0.15, -0.1) is 5.10 Å². The molecule has 0 fully saturated rings. The number of hydrogen-bond donors (Lipinski definition) is 1. The molecule has 168 valence electrons. The first-order valence-electron chi connectivity index (χ1n) is 11.0. The number of aryl methyl sites for hydroxylation is 3. The summed E-state index contributed by atoms with van der Waals surface area (Å²) in [6.45, 7) is 0. The maximum absolute atomic E-state index is 4.66. The van der Waals surface area contributed by atoms with Gasteiger partial charge in [0.2, 0.25) is 0 Å². The average Bonchev–Trinajstić information content (AvgIpc) is 3.57. The Morgan fingerprint density at radius 1 is 0.941 bits per heavy atom. The zero-order valence-corrected chi connectivity index (χ0v) is 19.1. The van der Waals surface area contributed by atoms with Gasteiger partial charge in [-0.3, -0.25) is 14.6 Å². The van der Waals surface area contributed by atoms with Crippen molar-refractivity contribution in [3.63, 3.8) is 0 Å². The predicted molar refractivity (Wildman–Crippen MR) is 131 cm³/mol. The Labute approximate surface area is 195 Å². The van der Waals surface area contributed by atoms with Crippen LogP contribution in [0.1, 0.15) is 17.3 Å². The summed E-state index contributed by atoms with van der Waals surface area (Å²) in [6, 6.07) is 12.6. The lowest BCUT2D eigenvalue weighted by molar-refractivity contribution is 0.663. The Bertz CT molecular complexity index is 1640. The van der Waals surface area contributed by atoms with Crippen molar-refractivity contribution in [1.29, 1.82) is 0 Å². The zero-order chi connectivity index (χ0) is 23.2. The van der Waals surface area contributed by atoms with Gasteiger partial charge in [-0.1, -0.05) is 17.3 Å². The molecule has 9 heteroatoms. The fourth-order valence-corrected chi connectivity index (χ4v) is 4.45. The van der Waals surface area contributed by atoms with Crippen LogP contribution in [0.5, 0.6) is 0 Å². The molecule has 0 saturated heterocycles. The third-order valence-corrected chi connectivity index (χ3v) is 6.19. The van der Waals surface area contributed by atoms with E-state index in [9.17, 15) is 0 Å². The van der Waals surface area contributed by atoms with Crippen molar-refractivity contribution in [2.24, 2.45) is 21.1 Å². The van der Waals surface area contributed by atoms with E-state index in [2.05, 4.69) is 78.8 Å². The van der Waals surface area contributed by atoms with E-state index in [1.54, 1.807) is 28.0 Å². The molecule has 34 heavy (non-hydrogen) atoms. The molecule has 6 aromatic rings. The summed E-state index contributed by atoms with van der Waals surface area (Å²) in [5.74, 6) is 0. The van der Waals surface area contributed by atoms with Crippen LogP contribution in [0.2, 0.25) is 0 Å². The van der Waals surface area contributed by atoms with E-state index in [0.717, 1.165) is 39.1 Å². The van der Waals surface area contributed by atoms with Crippen molar-refractivity contribution < 1.29 is 0 Å². The summed E-state index contributed by atoms with van der Waals surface area (Å²) in [5, 5.41) is 17.5. The number of nitrogens with one attached hydrogen (secondary N) is 1. The maximum Gasteiger partial charge on any atom is 0.0983 e. The number of aromatic nitrogens is 8. The quantitative estimate of drug-likeness (QED) is 0.430. The third kappa shape index (κ3) is 3.38. The van der Waals surface area contributed by atoms with Crippen LogP contribution in [0.15, 0.2) is 73.6 Å². The molecule has 4 heterocycles. The number of nitrogens with zero attached hydrogens (tertiary/aromatic N) is 8. The van der Waals surface area contributed by atoms with Crippen molar-refractivity contribution >= 4 is 27.6 Å². The Kier molecular flexibility index (Phi) is 4.61. The van der Waals surface area contributed by atoms with Gasteiger partial charge >= 0.3 is 0 Å². The van der Waals surface area contributed by atoms with E-state index in [0.29, 0.717) is 0 Å². The Morgan fingerprint density at radius 2 is 1.82 bits per heavy atom. The molecule has 1 atom stereocenters. The van der Waals surface area contributed by atoms with Gasteiger partial charge in [-0.05, 0) is 35.2 Å². The highest BCUT2D eigenvalue weighted by Gasteiger charge is 2.21. The molecule has 2 aromatic carbocycles. The number of fused-ring (bicyclic) bond motifs is 2. The molecule has 9 nitrogen and oxygen atoms in total. The molecule has 1 N–H and O–H groups in total. The minimum absolute atomic E-state index is 0.189. The molecule has 0 bridgehead atoms. The molecule has 0 aliphatic carbocycles. The molecule has 0 saturated carbocycles. The van der Waals surface area contributed by atoms with Crippen LogP contribution in [-0.2, 0) is 21.1 Å². The van der Waals surface area contributed by atoms with Gasteiger partial charge < -0.3 is 9.88 Å². The van der Waals surface area contributed by atoms with Crippen LogP contribution in [0.4, 0.5) is 5.69 Å². The highest BCUT2D eigenvalue weighted by molar-refractivity contribution is 5.97. The van der Waals surface area contributed by atoms with Crippen molar-refractivity contribution in [3.05, 3.63) is 84.8 Å². The number of anilines is 1. The smallest absolute Gasteiger partial charge is 0.0983 e. The van der Waals surface area contributed by atoms with E-state index in [-0.39, 0.29) is 6.04 Å². The van der Waals surface area contributed by atoms with Gasteiger partial charge in [0, 0.05) is 68.3 Å². The van der Waals surface area contributed by atoms with E-state index < -0.39 is 0 Å². The SMILES string of the molecule is Cn1cc([C@@H](Nc2cc(-c3ccc4ccn(C)c4c3)c3nccnc3c2)c2cnnn2C)cn1. The second-order valence-electron chi connectivity index (χ2n) is 8.46. The van der Waals surface area contributed by atoms with Crippen molar-refractivity contribution in [2.75, 3.05) is 5.32 Å². The molecule has 0 aliphatic rings. The molecule has 6 rings (SSSR count). The second kappa shape index (κ2) is 7.80. The van der Waals surface area contributed by atoms with E-state index in [1.165, 1.54) is 10.9 Å². The van der Waals surface area contributed by atoms with Crippen molar-refractivity contribution in [1.82, 2.24) is 39.3 Å². The van der Waals surface area contributed by atoms with E-state index in [1.807, 2.05) is 32.6 Å². The first kappa shape index (κ1) is 20.1. The summed E-state index contributed by atoms with van der Waals surface area (Å²) >= 11 is 0. The van der Waals surface area contributed by atoms with Crippen LogP contribution in [-0.4, -0.2) is 39.3 Å². The number of benzene rings is 2. The molecule has 0 spiro atoms. The average molecular weight is 450 g/mol. The molecule has 0 unspecified atom stereocenters. The standard InChI is InChI=1S/C25H23N9/c1-32-9-6-16-4-5-17(10-22(16)32)20-11-19(12-21-25(20)27-8-7-26-21)30-24(18-13-29-33(2)15-18)23-14-28-31-34(23)3/h4-15,24,30H,1-3H3/t24-/m1/s1. The topological polar surface area (TPSA) is 91.3 Å². The maximum atomic E-state index is 4.66. The lowest BCUT2D eigenvalue weighted by Crippen LogP contribution is -2.16. The molecular formula is C25H23N9. The van der Waals surface area contributed by atoms with Crippen LogP contribution in [0.3, 0.4) is 0 Å². The van der Waals surface area contributed by atoms with Gasteiger partial charge in [0.1, 0.15) is 0 Å². The Hall–Kier alpha value is -4.53. The van der Waals surface area contributed by atoms with E-state index >= 15 is 0 Å². The van der Waals surface area contributed by atoms with Crippen LogP contribution < -0.4 is 5.32 Å².